The van der Waals surface area contributed by atoms with Crippen LogP contribution >= 0.6 is 11.8 Å². The average Bonchev–Trinajstić information content (AvgIpc) is 2.93. The summed E-state index contributed by atoms with van der Waals surface area (Å²) in [5, 5.41) is 9.32. The number of imide groups is 1. The molecule has 0 saturated carbocycles. The molecule has 0 radical (unpaired) electrons. The lowest BCUT2D eigenvalue weighted by molar-refractivity contribution is -0.119. The second-order valence-corrected chi connectivity index (χ2v) is 7.67. The maximum absolute atomic E-state index is 12.1. The van der Waals surface area contributed by atoms with Crippen molar-refractivity contribution in [3.8, 4) is 0 Å². The van der Waals surface area contributed by atoms with Crippen molar-refractivity contribution in [1.82, 2.24) is 30.2 Å². The van der Waals surface area contributed by atoms with Gasteiger partial charge in [-0.05, 0) is 39.2 Å². The highest BCUT2D eigenvalue weighted by Gasteiger charge is 2.20. The van der Waals surface area contributed by atoms with E-state index in [-0.39, 0.29) is 5.91 Å². The topological polar surface area (TPSA) is 101 Å². The fourth-order valence-corrected chi connectivity index (χ4v) is 2.80. The smallest absolute Gasteiger partial charge is 0.321 e. The first-order chi connectivity index (χ1) is 11.7. The Morgan fingerprint density at radius 2 is 1.84 bits per heavy atom. The molecular formula is C16H24N6O2S. The van der Waals surface area contributed by atoms with Crippen molar-refractivity contribution in [2.24, 2.45) is 5.92 Å². The number of hydrogen-bond acceptors (Lipinski definition) is 6. The van der Waals surface area contributed by atoms with E-state index in [0.717, 1.165) is 17.0 Å². The van der Waals surface area contributed by atoms with Crippen LogP contribution < -0.4 is 10.6 Å². The number of aryl methyl sites for hydroxylation is 2. The summed E-state index contributed by atoms with van der Waals surface area (Å²) < 4.78 is 1.67. The quantitative estimate of drug-likeness (QED) is 0.787. The van der Waals surface area contributed by atoms with Gasteiger partial charge >= 0.3 is 6.03 Å². The van der Waals surface area contributed by atoms with Gasteiger partial charge in [-0.15, -0.1) is 5.10 Å². The van der Waals surface area contributed by atoms with Crippen molar-refractivity contribution < 1.29 is 9.59 Å². The van der Waals surface area contributed by atoms with E-state index in [1.54, 1.807) is 11.4 Å². The van der Waals surface area contributed by atoms with Crippen molar-refractivity contribution in [2.45, 2.75) is 51.9 Å². The minimum absolute atomic E-state index is 0.317. The Hall–Kier alpha value is -2.16. The van der Waals surface area contributed by atoms with Gasteiger partial charge in [-0.2, -0.15) is 4.98 Å². The van der Waals surface area contributed by atoms with E-state index in [0.29, 0.717) is 23.4 Å². The summed E-state index contributed by atoms with van der Waals surface area (Å²) in [5.74, 6) is 0.435. The van der Waals surface area contributed by atoms with E-state index in [9.17, 15) is 9.59 Å². The van der Waals surface area contributed by atoms with Crippen LogP contribution in [0.5, 0.6) is 0 Å². The number of fused-ring (bicyclic) bond motifs is 1. The lowest BCUT2D eigenvalue weighted by atomic mass is 10.2. The number of aromatic nitrogens is 4. The van der Waals surface area contributed by atoms with Gasteiger partial charge in [0.1, 0.15) is 0 Å². The van der Waals surface area contributed by atoms with Gasteiger partial charge in [-0.1, -0.05) is 25.6 Å². The van der Waals surface area contributed by atoms with E-state index >= 15 is 0 Å². The lowest BCUT2D eigenvalue weighted by Gasteiger charge is -2.11. The molecule has 0 aliphatic carbocycles. The number of carbonyl (C=O) groups excluding carboxylic acids is 2. The van der Waals surface area contributed by atoms with Gasteiger partial charge in [0.25, 0.3) is 5.78 Å². The fraction of sp³-hybridized carbons (Fsp3) is 0.562. The molecule has 0 aliphatic rings. The van der Waals surface area contributed by atoms with E-state index in [1.807, 2.05) is 34.6 Å². The zero-order valence-corrected chi connectivity index (χ0v) is 16.2. The Balaban J connectivity index is 2.04. The molecule has 0 aliphatic heterocycles. The van der Waals surface area contributed by atoms with Gasteiger partial charge in [-0.25, -0.2) is 14.3 Å². The lowest BCUT2D eigenvalue weighted by Crippen LogP contribution is -2.43. The highest BCUT2D eigenvalue weighted by Crippen LogP contribution is 2.21. The molecule has 2 aromatic heterocycles. The highest BCUT2D eigenvalue weighted by atomic mass is 32.2. The second kappa shape index (κ2) is 7.81. The summed E-state index contributed by atoms with van der Waals surface area (Å²) in [7, 11) is 0. The molecule has 1 atom stereocenters. The number of urea groups is 1. The molecule has 0 bridgehead atoms. The first kappa shape index (κ1) is 19.2. The Morgan fingerprint density at radius 3 is 2.48 bits per heavy atom. The molecule has 3 amide bonds. The maximum Gasteiger partial charge on any atom is 0.321 e. The van der Waals surface area contributed by atoms with Crippen molar-refractivity contribution >= 4 is 29.5 Å². The van der Waals surface area contributed by atoms with Gasteiger partial charge in [0.05, 0.1) is 5.25 Å². The zero-order valence-electron chi connectivity index (χ0n) is 15.4. The maximum atomic E-state index is 12.1. The summed E-state index contributed by atoms with van der Waals surface area (Å²) in [5.41, 5.74) is 2.93. The SMILES string of the molecule is Cc1nc2nc(SC(C)C(=O)NC(=O)NCC(C)C)nn2c(C)c1C. The van der Waals surface area contributed by atoms with Crippen LogP contribution in [0.25, 0.3) is 5.78 Å². The van der Waals surface area contributed by atoms with Crippen LogP contribution in [0.4, 0.5) is 4.79 Å². The highest BCUT2D eigenvalue weighted by molar-refractivity contribution is 8.00. The van der Waals surface area contributed by atoms with E-state index in [4.69, 9.17) is 0 Å². The zero-order chi connectivity index (χ0) is 18.7. The third-order valence-electron chi connectivity index (χ3n) is 3.80. The molecule has 0 spiro atoms. The number of amides is 3. The van der Waals surface area contributed by atoms with Gasteiger partial charge < -0.3 is 5.32 Å². The first-order valence-corrected chi connectivity index (χ1v) is 9.03. The first-order valence-electron chi connectivity index (χ1n) is 8.15. The van der Waals surface area contributed by atoms with E-state index < -0.39 is 11.3 Å². The predicted octanol–water partition coefficient (Wildman–Crippen LogP) is 2.01. The summed E-state index contributed by atoms with van der Waals surface area (Å²) >= 11 is 1.19. The van der Waals surface area contributed by atoms with Crippen LogP contribution in [-0.4, -0.2) is 43.3 Å². The summed E-state index contributed by atoms with van der Waals surface area (Å²) in [6.07, 6.45) is 0. The minimum atomic E-state index is -0.510. The fourth-order valence-electron chi connectivity index (χ4n) is 2.05. The Kier molecular flexibility index (Phi) is 5.99. The third kappa shape index (κ3) is 4.68. The third-order valence-corrected chi connectivity index (χ3v) is 4.75. The van der Waals surface area contributed by atoms with Gasteiger partial charge in [0.2, 0.25) is 11.1 Å². The predicted molar refractivity (Wildman–Crippen MR) is 96.7 cm³/mol. The Labute approximate surface area is 151 Å². The molecule has 9 heteroatoms. The van der Waals surface area contributed by atoms with Crippen molar-refractivity contribution in [3.63, 3.8) is 0 Å². The molecule has 136 valence electrons. The molecule has 8 nitrogen and oxygen atoms in total. The Morgan fingerprint density at radius 1 is 1.16 bits per heavy atom. The number of carbonyl (C=O) groups is 2. The molecule has 2 aromatic rings. The number of nitrogens with one attached hydrogen (secondary N) is 2. The number of hydrogen-bond donors (Lipinski definition) is 2. The second-order valence-electron chi connectivity index (χ2n) is 6.37. The normalized spacial score (nSPS) is 12.4. The summed E-state index contributed by atoms with van der Waals surface area (Å²) in [6.45, 7) is 12.0. The minimum Gasteiger partial charge on any atom is -0.338 e. The van der Waals surface area contributed by atoms with Crippen LogP contribution in [0.1, 0.15) is 37.7 Å². The number of rotatable bonds is 5. The van der Waals surface area contributed by atoms with Gasteiger partial charge in [0, 0.05) is 17.9 Å². The van der Waals surface area contributed by atoms with Crippen LogP contribution in [-0.2, 0) is 4.79 Å². The van der Waals surface area contributed by atoms with E-state index in [2.05, 4.69) is 25.7 Å². The van der Waals surface area contributed by atoms with Crippen LogP contribution in [0, 0.1) is 26.7 Å². The van der Waals surface area contributed by atoms with Gasteiger partial charge in [-0.3, -0.25) is 10.1 Å². The number of thioether (sulfide) groups is 1. The van der Waals surface area contributed by atoms with Crippen LogP contribution in [0.3, 0.4) is 0 Å². The molecule has 2 N–H and O–H groups in total. The molecular weight excluding hydrogens is 340 g/mol. The molecule has 0 aromatic carbocycles. The van der Waals surface area contributed by atoms with Crippen molar-refractivity contribution in [3.05, 3.63) is 17.0 Å². The summed E-state index contributed by atoms with van der Waals surface area (Å²) in [4.78, 5) is 32.6. The molecule has 0 fully saturated rings. The van der Waals surface area contributed by atoms with Gasteiger partial charge in [0.15, 0.2) is 0 Å². The van der Waals surface area contributed by atoms with Crippen LogP contribution in [0.2, 0.25) is 0 Å². The molecule has 25 heavy (non-hydrogen) atoms. The van der Waals surface area contributed by atoms with E-state index in [1.165, 1.54) is 11.8 Å². The standard InChI is InChI=1S/C16H24N6O2S/c1-8(2)7-17-15(24)19-13(23)12(6)25-16-20-14-18-10(4)9(3)11(5)22(14)21-16/h8,12H,7H2,1-6H3,(H2,17,19,23,24). The number of nitrogens with zero attached hydrogens (tertiary/aromatic N) is 4. The molecule has 2 heterocycles. The van der Waals surface area contributed by atoms with Crippen molar-refractivity contribution in [2.75, 3.05) is 6.54 Å². The van der Waals surface area contributed by atoms with Crippen molar-refractivity contribution in [1.29, 1.82) is 0 Å². The monoisotopic (exact) mass is 364 g/mol. The Bertz CT molecular complexity index is 802. The largest absolute Gasteiger partial charge is 0.338 e. The molecule has 2 rings (SSSR count). The van der Waals surface area contributed by atoms with Crippen LogP contribution in [0.15, 0.2) is 5.16 Å². The molecule has 0 saturated heterocycles. The summed E-state index contributed by atoms with van der Waals surface area (Å²) in [6, 6.07) is -0.488. The average molecular weight is 364 g/mol. The molecule has 1 unspecified atom stereocenters.